The van der Waals surface area contributed by atoms with Crippen molar-refractivity contribution < 1.29 is 18.0 Å². The van der Waals surface area contributed by atoms with Crippen molar-refractivity contribution in [3.05, 3.63) is 53.1 Å². The first-order chi connectivity index (χ1) is 15.2. The molecule has 1 N–H and O–H groups in total. The molecule has 2 aromatic rings. The third kappa shape index (κ3) is 4.40. The number of carbonyl (C=O) groups excluding carboxylic acids is 2. The third-order valence-electron chi connectivity index (χ3n) is 6.18. The average Bonchev–Trinajstić information content (AvgIpc) is 3.10. The molecule has 0 aliphatic carbocycles. The van der Waals surface area contributed by atoms with E-state index in [1.54, 1.807) is 47.4 Å². The molecule has 2 heterocycles. The number of benzene rings is 2. The van der Waals surface area contributed by atoms with Crippen LogP contribution in [0.1, 0.15) is 32.3 Å². The summed E-state index contributed by atoms with van der Waals surface area (Å²) < 4.78 is 27.9. The van der Waals surface area contributed by atoms with E-state index in [0.717, 1.165) is 11.3 Å². The van der Waals surface area contributed by atoms with Crippen molar-refractivity contribution in [3.63, 3.8) is 0 Å². The van der Waals surface area contributed by atoms with Crippen LogP contribution in [0, 0.1) is 5.92 Å². The molecule has 0 aromatic heterocycles. The maximum Gasteiger partial charge on any atom is 0.243 e. The molecule has 0 radical (unpaired) electrons. The van der Waals surface area contributed by atoms with E-state index in [9.17, 15) is 18.0 Å². The van der Waals surface area contributed by atoms with Gasteiger partial charge in [0.15, 0.2) is 0 Å². The van der Waals surface area contributed by atoms with E-state index in [0.29, 0.717) is 30.0 Å². The zero-order valence-electron chi connectivity index (χ0n) is 18.0. The number of sulfonamides is 1. The standard InChI is InChI=1S/C23H26ClN3O4S/c1-15-13-18-14-21(7-8-22(18)27(15)16(2)28)32(30,31)26-11-9-17(10-12-26)23(29)25-20-5-3-19(24)4-6-20/h3-8,14-15,17H,9-13H2,1-2H3,(H,25,29). The first-order valence-corrected chi connectivity index (χ1v) is 12.5. The van der Waals surface area contributed by atoms with Gasteiger partial charge in [-0.3, -0.25) is 9.59 Å². The second-order valence-electron chi connectivity index (χ2n) is 8.41. The molecule has 170 valence electrons. The number of halogens is 1. The molecule has 0 bridgehead atoms. The second kappa shape index (κ2) is 8.84. The van der Waals surface area contributed by atoms with Gasteiger partial charge in [-0.25, -0.2) is 8.42 Å². The summed E-state index contributed by atoms with van der Waals surface area (Å²) in [7, 11) is -3.67. The van der Waals surface area contributed by atoms with Gasteiger partial charge in [0.25, 0.3) is 0 Å². The summed E-state index contributed by atoms with van der Waals surface area (Å²) in [5.41, 5.74) is 2.31. The van der Waals surface area contributed by atoms with Gasteiger partial charge >= 0.3 is 0 Å². The van der Waals surface area contributed by atoms with Crippen molar-refractivity contribution in [1.29, 1.82) is 0 Å². The van der Waals surface area contributed by atoms with Crippen LogP contribution in [0.15, 0.2) is 47.4 Å². The fraction of sp³-hybridized carbons (Fsp3) is 0.391. The number of nitrogens with zero attached hydrogens (tertiary/aromatic N) is 2. The Kier molecular flexibility index (Phi) is 6.29. The summed E-state index contributed by atoms with van der Waals surface area (Å²) in [6.45, 7) is 4.04. The highest BCUT2D eigenvalue weighted by Gasteiger charge is 2.34. The Morgan fingerprint density at radius 2 is 1.72 bits per heavy atom. The van der Waals surface area contributed by atoms with E-state index >= 15 is 0 Å². The molecule has 32 heavy (non-hydrogen) atoms. The fourth-order valence-corrected chi connectivity index (χ4v) is 6.18. The van der Waals surface area contributed by atoms with Crippen LogP contribution in [-0.4, -0.2) is 43.7 Å². The minimum absolute atomic E-state index is 0.00958. The Labute approximate surface area is 193 Å². The Hall–Kier alpha value is -2.42. The van der Waals surface area contributed by atoms with Gasteiger partial charge < -0.3 is 10.2 Å². The summed E-state index contributed by atoms with van der Waals surface area (Å²) >= 11 is 5.87. The molecule has 0 spiro atoms. The summed E-state index contributed by atoms with van der Waals surface area (Å²) in [5.74, 6) is -0.409. The summed E-state index contributed by atoms with van der Waals surface area (Å²) in [5, 5.41) is 3.47. The van der Waals surface area contributed by atoms with Gasteiger partial charge in [0.1, 0.15) is 0 Å². The van der Waals surface area contributed by atoms with Crippen LogP contribution >= 0.6 is 11.6 Å². The Balaban J connectivity index is 1.42. The normalized spacial score (nSPS) is 19.6. The SMILES string of the molecule is CC(=O)N1c2ccc(S(=O)(=O)N3CCC(C(=O)Nc4ccc(Cl)cc4)CC3)cc2CC1C. The largest absolute Gasteiger partial charge is 0.326 e. The molecule has 2 aromatic carbocycles. The molecular formula is C23H26ClN3O4S. The van der Waals surface area contributed by atoms with Crippen molar-refractivity contribution >= 4 is 44.8 Å². The molecule has 1 fully saturated rings. The summed E-state index contributed by atoms with van der Waals surface area (Å²) in [6, 6.07) is 11.9. The van der Waals surface area contributed by atoms with Crippen molar-refractivity contribution in [2.45, 2.75) is 44.0 Å². The fourth-order valence-electron chi connectivity index (χ4n) is 4.53. The lowest BCUT2D eigenvalue weighted by Gasteiger charge is -2.30. The van der Waals surface area contributed by atoms with E-state index in [1.807, 2.05) is 6.92 Å². The van der Waals surface area contributed by atoms with Crippen LogP contribution in [0.3, 0.4) is 0 Å². The van der Waals surface area contributed by atoms with Crippen LogP contribution in [-0.2, 0) is 26.0 Å². The monoisotopic (exact) mass is 475 g/mol. The third-order valence-corrected chi connectivity index (χ3v) is 8.33. The topological polar surface area (TPSA) is 86.8 Å². The molecule has 2 aliphatic heterocycles. The number of anilines is 2. The van der Waals surface area contributed by atoms with E-state index in [1.165, 1.54) is 11.2 Å². The number of nitrogens with one attached hydrogen (secondary N) is 1. The lowest BCUT2D eigenvalue weighted by atomic mass is 9.97. The van der Waals surface area contributed by atoms with Crippen LogP contribution < -0.4 is 10.2 Å². The molecule has 9 heteroatoms. The molecule has 1 saturated heterocycles. The number of hydrogen-bond donors (Lipinski definition) is 1. The van der Waals surface area contributed by atoms with Gasteiger partial charge in [-0.2, -0.15) is 4.31 Å². The number of amides is 2. The molecule has 7 nitrogen and oxygen atoms in total. The average molecular weight is 476 g/mol. The van der Waals surface area contributed by atoms with Crippen LogP contribution in [0.5, 0.6) is 0 Å². The Morgan fingerprint density at radius 1 is 1.06 bits per heavy atom. The van der Waals surface area contributed by atoms with E-state index < -0.39 is 10.0 Å². The van der Waals surface area contributed by atoms with Crippen molar-refractivity contribution in [1.82, 2.24) is 4.31 Å². The van der Waals surface area contributed by atoms with Gasteiger partial charge in [0.2, 0.25) is 21.8 Å². The van der Waals surface area contributed by atoms with Gasteiger partial charge in [0, 0.05) is 48.4 Å². The van der Waals surface area contributed by atoms with Crippen molar-refractivity contribution in [3.8, 4) is 0 Å². The van der Waals surface area contributed by atoms with Gasteiger partial charge in [0.05, 0.1) is 4.90 Å². The molecule has 1 unspecified atom stereocenters. The predicted molar refractivity (Wildman–Crippen MR) is 124 cm³/mol. The maximum atomic E-state index is 13.2. The quantitative estimate of drug-likeness (QED) is 0.730. The van der Waals surface area contributed by atoms with Crippen LogP contribution in [0.25, 0.3) is 0 Å². The molecule has 2 amide bonds. The van der Waals surface area contributed by atoms with Crippen molar-refractivity contribution in [2.24, 2.45) is 5.92 Å². The lowest BCUT2D eigenvalue weighted by molar-refractivity contribution is -0.121. The van der Waals surface area contributed by atoms with Crippen LogP contribution in [0.2, 0.25) is 5.02 Å². The highest BCUT2D eigenvalue weighted by Crippen LogP contribution is 2.35. The lowest BCUT2D eigenvalue weighted by Crippen LogP contribution is -2.41. The molecule has 2 aliphatic rings. The van der Waals surface area contributed by atoms with Crippen LogP contribution in [0.4, 0.5) is 11.4 Å². The maximum absolute atomic E-state index is 13.2. The van der Waals surface area contributed by atoms with E-state index in [4.69, 9.17) is 11.6 Å². The highest BCUT2D eigenvalue weighted by atomic mass is 35.5. The smallest absolute Gasteiger partial charge is 0.243 e. The first-order valence-electron chi connectivity index (χ1n) is 10.7. The molecule has 4 rings (SSSR count). The summed E-state index contributed by atoms with van der Waals surface area (Å²) in [6.07, 6.45) is 1.54. The first kappa shape index (κ1) is 22.8. The predicted octanol–water partition coefficient (Wildman–Crippen LogP) is 3.68. The zero-order chi connectivity index (χ0) is 23.0. The van der Waals surface area contributed by atoms with Gasteiger partial charge in [-0.05, 0) is 74.2 Å². The molecule has 1 atom stereocenters. The number of fused-ring (bicyclic) bond motifs is 1. The van der Waals surface area contributed by atoms with E-state index in [-0.39, 0.29) is 41.8 Å². The Bertz CT molecular complexity index is 1140. The second-order valence-corrected chi connectivity index (χ2v) is 10.8. The number of carbonyl (C=O) groups is 2. The number of rotatable bonds is 4. The van der Waals surface area contributed by atoms with Gasteiger partial charge in [-0.15, -0.1) is 0 Å². The molecule has 0 saturated carbocycles. The number of piperidine rings is 1. The minimum atomic E-state index is -3.67. The minimum Gasteiger partial charge on any atom is -0.326 e. The summed E-state index contributed by atoms with van der Waals surface area (Å²) in [4.78, 5) is 26.4. The Morgan fingerprint density at radius 3 is 2.34 bits per heavy atom. The highest BCUT2D eigenvalue weighted by molar-refractivity contribution is 7.89. The van der Waals surface area contributed by atoms with Gasteiger partial charge in [-0.1, -0.05) is 11.6 Å². The zero-order valence-corrected chi connectivity index (χ0v) is 19.6. The van der Waals surface area contributed by atoms with E-state index in [2.05, 4.69) is 5.32 Å². The molecular weight excluding hydrogens is 450 g/mol. The number of hydrogen-bond acceptors (Lipinski definition) is 4. The van der Waals surface area contributed by atoms with Crippen molar-refractivity contribution in [2.75, 3.05) is 23.3 Å².